The summed E-state index contributed by atoms with van der Waals surface area (Å²) in [4.78, 5) is 28.0. The molecule has 154 valence electrons. The van der Waals surface area contributed by atoms with Crippen LogP contribution in [0.1, 0.15) is 46.7 Å². The van der Waals surface area contributed by atoms with Crippen molar-refractivity contribution < 1.29 is 19.4 Å². The number of aromatic nitrogens is 2. The molecule has 6 nitrogen and oxygen atoms in total. The van der Waals surface area contributed by atoms with E-state index in [1.165, 1.54) is 13.8 Å². The molecule has 0 aliphatic carbocycles. The highest BCUT2D eigenvalue weighted by atomic mass is 16.5. The second-order valence-electron chi connectivity index (χ2n) is 7.51. The van der Waals surface area contributed by atoms with E-state index in [1.54, 1.807) is 35.3 Å². The number of imidazole rings is 1. The highest BCUT2D eigenvalue weighted by Gasteiger charge is 2.27. The van der Waals surface area contributed by atoms with Gasteiger partial charge in [-0.2, -0.15) is 0 Å². The van der Waals surface area contributed by atoms with E-state index in [1.807, 2.05) is 49.4 Å². The molecule has 2 aromatic carbocycles. The first-order chi connectivity index (χ1) is 14.3. The molecule has 1 N–H and O–H groups in total. The molecule has 3 aromatic rings. The molecule has 0 aliphatic rings. The van der Waals surface area contributed by atoms with Gasteiger partial charge in [0, 0.05) is 24.2 Å². The quantitative estimate of drug-likeness (QED) is 0.562. The van der Waals surface area contributed by atoms with Crippen molar-refractivity contribution in [2.75, 3.05) is 0 Å². The number of carboxylic acid groups (broad SMARTS) is 1. The summed E-state index contributed by atoms with van der Waals surface area (Å²) in [5.41, 5.74) is 2.25. The fraction of sp³-hybridized carbons (Fsp3) is 0.208. The molecular formula is C24H24N2O4. The van der Waals surface area contributed by atoms with Crippen molar-refractivity contribution in [1.29, 1.82) is 0 Å². The second kappa shape index (κ2) is 8.88. The van der Waals surface area contributed by atoms with Crippen molar-refractivity contribution in [3.8, 4) is 0 Å². The number of carboxylic acids is 1. The van der Waals surface area contributed by atoms with Gasteiger partial charge in [0.15, 0.2) is 11.4 Å². The molecule has 0 saturated carbocycles. The molecule has 0 spiro atoms. The Morgan fingerprint density at radius 1 is 1.10 bits per heavy atom. The van der Waals surface area contributed by atoms with Gasteiger partial charge in [0.25, 0.3) is 0 Å². The number of aryl methyl sites for hydroxylation is 1. The summed E-state index contributed by atoms with van der Waals surface area (Å²) >= 11 is 0. The summed E-state index contributed by atoms with van der Waals surface area (Å²) in [6, 6.07) is 15.0. The minimum absolute atomic E-state index is 0.141. The van der Waals surface area contributed by atoms with E-state index in [2.05, 4.69) is 4.98 Å². The molecule has 0 unspecified atom stereocenters. The number of carbonyl (C=O) groups is 2. The zero-order valence-corrected chi connectivity index (χ0v) is 17.2. The van der Waals surface area contributed by atoms with E-state index in [0.29, 0.717) is 11.4 Å². The van der Waals surface area contributed by atoms with E-state index in [0.717, 1.165) is 16.7 Å². The number of hydrogen-bond donors (Lipinski definition) is 1. The third-order valence-electron chi connectivity index (χ3n) is 4.71. The molecule has 0 radical (unpaired) electrons. The van der Waals surface area contributed by atoms with Gasteiger partial charge in [0.05, 0.1) is 6.61 Å². The average Bonchev–Trinajstić information content (AvgIpc) is 3.20. The maximum Gasteiger partial charge on any atom is 0.335 e. The third kappa shape index (κ3) is 5.10. The number of nitrogens with zero attached hydrogens (tertiary/aromatic N) is 2. The Labute approximate surface area is 175 Å². The largest absolute Gasteiger partial charge is 0.479 e. The van der Waals surface area contributed by atoms with Gasteiger partial charge in [-0.3, -0.25) is 4.79 Å². The van der Waals surface area contributed by atoms with Crippen LogP contribution in [0.4, 0.5) is 0 Å². The maximum atomic E-state index is 12.7. The molecule has 0 aliphatic heterocycles. The summed E-state index contributed by atoms with van der Waals surface area (Å²) in [5.74, 6) is -0.799. The third-order valence-corrected chi connectivity index (χ3v) is 4.71. The van der Waals surface area contributed by atoms with Crippen molar-refractivity contribution in [2.24, 2.45) is 0 Å². The number of aliphatic carboxylic acids is 1. The smallest absolute Gasteiger partial charge is 0.335 e. The van der Waals surface area contributed by atoms with Crippen LogP contribution in [-0.4, -0.2) is 32.0 Å². The van der Waals surface area contributed by atoms with Crippen LogP contribution in [0.2, 0.25) is 0 Å². The zero-order valence-electron chi connectivity index (χ0n) is 17.2. The van der Waals surface area contributed by atoms with Gasteiger partial charge in [0.1, 0.15) is 0 Å². The topological polar surface area (TPSA) is 81.4 Å². The Hall–Kier alpha value is -3.51. The van der Waals surface area contributed by atoms with Crippen LogP contribution in [0, 0.1) is 6.92 Å². The molecule has 3 rings (SSSR count). The highest BCUT2D eigenvalue weighted by molar-refractivity contribution is 6.07. The lowest BCUT2D eigenvalue weighted by molar-refractivity contribution is -0.162. The van der Waals surface area contributed by atoms with Gasteiger partial charge in [0.2, 0.25) is 5.78 Å². The van der Waals surface area contributed by atoms with Crippen LogP contribution >= 0.6 is 0 Å². The Kier molecular flexibility index (Phi) is 6.28. The molecule has 0 saturated heterocycles. The fourth-order valence-corrected chi connectivity index (χ4v) is 2.66. The van der Waals surface area contributed by atoms with Gasteiger partial charge < -0.3 is 14.4 Å². The number of carbonyl (C=O) groups excluding carboxylic acids is 1. The zero-order chi connectivity index (χ0) is 21.7. The Morgan fingerprint density at radius 2 is 1.77 bits per heavy atom. The molecule has 0 atom stereocenters. The van der Waals surface area contributed by atoms with E-state index in [-0.39, 0.29) is 12.4 Å². The summed E-state index contributed by atoms with van der Waals surface area (Å²) in [6.45, 7) is 5.22. The molecule has 30 heavy (non-hydrogen) atoms. The first-order valence-electron chi connectivity index (χ1n) is 9.55. The number of rotatable bonds is 8. The predicted octanol–water partition coefficient (Wildman–Crippen LogP) is 4.43. The Morgan fingerprint density at radius 3 is 2.40 bits per heavy atom. The minimum atomic E-state index is -1.24. The Bertz CT molecular complexity index is 1060. The normalized spacial score (nSPS) is 11.7. The molecule has 0 bridgehead atoms. The number of ketones is 1. The van der Waals surface area contributed by atoms with E-state index in [9.17, 15) is 9.59 Å². The van der Waals surface area contributed by atoms with Gasteiger partial charge in [-0.1, -0.05) is 54.1 Å². The maximum absolute atomic E-state index is 12.7. The summed E-state index contributed by atoms with van der Waals surface area (Å²) < 4.78 is 7.15. The molecular weight excluding hydrogens is 380 g/mol. The first-order valence-corrected chi connectivity index (χ1v) is 9.55. The average molecular weight is 404 g/mol. The lowest BCUT2D eigenvalue weighted by Crippen LogP contribution is -2.34. The fourth-order valence-electron chi connectivity index (χ4n) is 2.66. The molecule has 1 aromatic heterocycles. The van der Waals surface area contributed by atoms with Crippen molar-refractivity contribution in [1.82, 2.24) is 9.55 Å². The van der Waals surface area contributed by atoms with Crippen molar-refractivity contribution in [2.45, 2.75) is 33.0 Å². The summed E-state index contributed by atoms with van der Waals surface area (Å²) in [6.07, 6.45) is 6.98. The van der Waals surface area contributed by atoms with E-state index < -0.39 is 11.6 Å². The number of ether oxygens (including phenoxy) is 1. The van der Waals surface area contributed by atoms with E-state index >= 15 is 0 Å². The van der Waals surface area contributed by atoms with Gasteiger partial charge in [-0.15, -0.1) is 0 Å². The van der Waals surface area contributed by atoms with Gasteiger partial charge >= 0.3 is 5.97 Å². The molecule has 1 heterocycles. The number of benzene rings is 2. The van der Waals surface area contributed by atoms with Crippen LogP contribution in [-0.2, 0) is 16.1 Å². The van der Waals surface area contributed by atoms with Crippen molar-refractivity contribution in [3.63, 3.8) is 0 Å². The minimum Gasteiger partial charge on any atom is -0.479 e. The van der Waals surface area contributed by atoms with Gasteiger partial charge in [-0.25, -0.2) is 9.78 Å². The lowest BCUT2D eigenvalue weighted by Gasteiger charge is -2.20. The molecule has 0 fully saturated rings. The van der Waals surface area contributed by atoms with Crippen LogP contribution in [0.5, 0.6) is 0 Å². The monoisotopic (exact) mass is 404 g/mol. The molecule has 6 heteroatoms. The van der Waals surface area contributed by atoms with Crippen molar-refractivity contribution >= 4 is 24.0 Å². The van der Waals surface area contributed by atoms with Crippen LogP contribution < -0.4 is 0 Å². The molecule has 0 amide bonds. The summed E-state index contributed by atoms with van der Waals surface area (Å²) in [5, 5.41) is 9.10. The van der Waals surface area contributed by atoms with Crippen LogP contribution in [0.25, 0.3) is 12.3 Å². The predicted molar refractivity (Wildman–Crippen MR) is 115 cm³/mol. The highest BCUT2D eigenvalue weighted by Crippen LogP contribution is 2.15. The SMILES string of the molecule is Cc1ccc(C(=O)c2nccn2/C=C/c2ccc(COC(C)(C)C(=O)O)cc2)cc1. The van der Waals surface area contributed by atoms with E-state index in [4.69, 9.17) is 9.84 Å². The van der Waals surface area contributed by atoms with Crippen LogP contribution in [0.3, 0.4) is 0 Å². The van der Waals surface area contributed by atoms with Gasteiger partial charge in [-0.05, 0) is 38.0 Å². The first kappa shape index (κ1) is 21.2. The second-order valence-corrected chi connectivity index (χ2v) is 7.51. The summed E-state index contributed by atoms with van der Waals surface area (Å²) in [7, 11) is 0. The van der Waals surface area contributed by atoms with Crippen molar-refractivity contribution in [3.05, 3.63) is 89.0 Å². The van der Waals surface area contributed by atoms with Crippen LogP contribution in [0.15, 0.2) is 60.9 Å². The standard InChI is InChI=1S/C24H24N2O4/c1-17-4-10-20(11-5-17)21(27)22-25-13-15-26(22)14-12-18-6-8-19(9-7-18)16-30-24(2,3)23(28)29/h4-15H,16H2,1-3H3,(H,28,29)/b14-12+. The number of hydrogen-bond acceptors (Lipinski definition) is 4. The Balaban J connectivity index is 1.68. The lowest BCUT2D eigenvalue weighted by atomic mass is 10.1.